The molecule has 2 rings (SSSR count). The Kier molecular flexibility index (Phi) is 4.97. The molecule has 104 valence electrons. The molecule has 0 aliphatic rings. The largest absolute Gasteiger partial charge is 0.327 e. The van der Waals surface area contributed by atoms with Gasteiger partial charge in [-0.3, -0.25) is 0 Å². The number of nitrogens with one attached hydrogen (secondary N) is 1. The Labute approximate surface area is 116 Å². The van der Waals surface area contributed by atoms with Crippen molar-refractivity contribution in [1.82, 2.24) is 14.9 Å². The maximum absolute atomic E-state index is 4.76. The van der Waals surface area contributed by atoms with Gasteiger partial charge in [0.25, 0.3) is 0 Å². The molecular weight excluding hydrogens is 234 g/mol. The summed E-state index contributed by atoms with van der Waals surface area (Å²) < 4.78 is 2.37. The van der Waals surface area contributed by atoms with Crippen molar-refractivity contribution in [3.63, 3.8) is 0 Å². The number of benzene rings is 1. The van der Waals surface area contributed by atoms with E-state index in [1.54, 1.807) is 0 Å². The summed E-state index contributed by atoms with van der Waals surface area (Å²) in [6.45, 7) is 8.67. The molecule has 1 N–H and O–H groups in total. The summed E-state index contributed by atoms with van der Waals surface area (Å²) in [5.41, 5.74) is 2.38. The molecule has 0 aliphatic heterocycles. The number of para-hydroxylation sites is 2. The van der Waals surface area contributed by atoms with Crippen LogP contribution in [0, 0.1) is 0 Å². The van der Waals surface area contributed by atoms with Crippen molar-refractivity contribution in [1.29, 1.82) is 0 Å². The van der Waals surface area contributed by atoms with Crippen molar-refractivity contribution in [3.8, 4) is 0 Å². The zero-order valence-corrected chi connectivity index (χ0v) is 12.3. The number of nitrogens with zero attached hydrogens (tertiary/aromatic N) is 2. The highest BCUT2D eigenvalue weighted by molar-refractivity contribution is 5.75. The van der Waals surface area contributed by atoms with Gasteiger partial charge in [-0.2, -0.15) is 0 Å². The lowest BCUT2D eigenvalue weighted by Crippen LogP contribution is -2.29. The molecule has 0 saturated carbocycles. The Bertz CT molecular complexity index is 516. The number of imidazole rings is 1. The number of hydrogen-bond acceptors (Lipinski definition) is 2. The summed E-state index contributed by atoms with van der Waals surface area (Å²) in [4.78, 5) is 4.76. The van der Waals surface area contributed by atoms with Gasteiger partial charge in [-0.1, -0.05) is 26.0 Å². The normalized spacial score (nSPS) is 13.0. The second-order valence-electron chi connectivity index (χ2n) is 5.18. The molecule has 1 heterocycles. The maximum Gasteiger partial charge on any atom is 0.109 e. The van der Waals surface area contributed by atoms with Crippen molar-refractivity contribution < 1.29 is 0 Å². The van der Waals surface area contributed by atoms with Gasteiger partial charge in [0.15, 0.2) is 0 Å². The minimum absolute atomic E-state index is 0.587. The molecule has 0 saturated heterocycles. The maximum atomic E-state index is 4.76. The number of aryl methyl sites for hydroxylation is 1. The number of fused-ring (bicyclic) bond motifs is 1. The van der Waals surface area contributed by atoms with E-state index in [2.05, 4.69) is 54.9 Å². The summed E-state index contributed by atoms with van der Waals surface area (Å²) in [5.74, 6) is 1.22. The lowest BCUT2D eigenvalue weighted by atomic mass is 10.2. The molecule has 1 atom stereocenters. The molecule has 3 heteroatoms. The molecule has 0 radical (unpaired) electrons. The highest BCUT2D eigenvalue weighted by Crippen LogP contribution is 2.16. The summed E-state index contributed by atoms with van der Waals surface area (Å²) in [5, 5.41) is 3.56. The molecule has 0 spiro atoms. The van der Waals surface area contributed by atoms with Gasteiger partial charge in [0, 0.05) is 25.6 Å². The van der Waals surface area contributed by atoms with Gasteiger partial charge in [0.2, 0.25) is 0 Å². The Hall–Kier alpha value is -1.35. The Morgan fingerprint density at radius 1 is 1.26 bits per heavy atom. The van der Waals surface area contributed by atoms with Gasteiger partial charge in [-0.15, -0.1) is 0 Å². The minimum atomic E-state index is 0.587. The van der Waals surface area contributed by atoms with Crippen LogP contribution in [0.5, 0.6) is 0 Å². The molecule has 3 nitrogen and oxygen atoms in total. The van der Waals surface area contributed by atoms with E-state index in [9.17, 15) is 0 Å². The highest BCUT2D eigenvalue weighted by atomic mass is 15.1. The van der Waals surface area contributed by atoms with Crippen LogP contribution in [-0.2, 0) is 13.0 Å². The van der Waals surface area contributed by atoms with Crippen molar-refractivity contribution in [2.45, 2.75) is 52.6 Å². The molecule has 0 fully saturated rings. The average molecular weight is 259 g/mol. The van der Waals surface area contributed by atoms with E-state index < -0.39 is 0 Å². The summed E-state index contributed by atoms with van der Waals surface area (Å²) in [6, 6.07) is 9.02. The topological polar surface area (TPSA) is 29.9 Å². The monoisotopic (exact) mass is 259 g/mol. The van der Waals surface area contributed by atoms with Crippen LogP contribution in [0.1, 0.15) is 39.4 Å². The predicted octanol–water partition coefficient (Wildman–Crippen LogP) is 3.38. The first kappa shape index (κ1) is 14.1. The Balaban J connectivity index is 2.16. The van der Waals surface area contributed by atoms with Crippen LogP contribution in [0.2, 0.25) is 0 Å². The molecule has 0 bridgehead atoms. The van der Waals surface area contributed by atoms with Crippen molar-refractivity contribution in [2.75, 3.05) is 6.54 Å². The van der Waals surface area contributed by atoms with Crippen LogP contribution in [-0.4, -0.2) is 22.1 Å². The van der Waals surface area contributed by atoms with Gasteiger partial charge in [0.1, 0.15) is 5.82 Å². The average Bonchev–Trinajstić information content (AvgIpc) is 2.77. The molecule has 0 aliphatic carbocycles. The van der Waals surface area contributed by atoms with Crippen molar-refractivity contribution in [3.05, 3.63) is 30.1 Å². The fourth-order valence-corrected chi connectivity index (χ4v) is 2.36. The van der Waals surface area contributed by atoms with E-state index in [4.69, 9.17) is 4.98 Å². The third-order valence-corrected chi connectivity index (χ3v) is 3.65. The van der Waals surface area contributed by atoms with Gasteiger partial charge < -0.3 is 9.88 Å². The SMILES string of the molecule is CCCc1nc2ccccc2n1CCNC(C)CC. The second kappa shape index (κ2) is 6.71. The van der Waals surface area contributed by atoms with Crippen LogP contribution in [0.25, 0.3) is 11.0 Å². The molecule has 0 amide bonds. The lowest BCUT2D eigenvalue weighted by molar-refractivity contribution is 0.502. The van der Waals surface area contributed by atoms with Gasteiger partial charge in [0.05, 0.1) is 11.0 Å². The van der Waals surface area contributed by atoms with Crippen LogP contribution in [0.15, 0.2) is 24.3 Å². The third kappa shape index (κ3) is 3.35. The molecule has 2 aromatic rings. The summed E-state index contributed by atoms with van der Waals surface area (Å²) in [6.07, 6.45) is 3.37. The van der Waals surface area contributed by atoms with Crippen LogP contribution in [0.4, 0.5) is 0 Å². The van der Waals surface area contributed by atoms with Crippen molar-refractivity contribution >= 4 is 11.0 Å². The quantitative estimate of drug-likeness (QED) is 0.826. The summed E-state index contributed by atoms with van der Waals surface area (Å²) >= 11 is 0. The number of aromatic nitrogens is 2. The lowest BCUT2D eigenvalue weighted by Gasteiger charge is -2.13. The Morgan fingerprint density at radius 3 is 2.79 bits per heavy atom. The first-order chi connectivity index (χ1) is 9.26. The molecular formula is C16H25N3. The van der Waals surface area contributed by atoms with Gasteiger partial charge in [-0.25, -0.2) is 4.98 Å². The standard InChI is InChI=1S/C16H25N3/c1-4-8-16-18-14-9-6-7-10-15(14)19(16)12-11-17-13(3)5-2/h6-7,9-10,13,17H,4-5,8,11-12H2,1-3H3. The van der Waals surface area contributed by atoms with E-state index in [1.165, 1.54) is 17.8 Å². The highest BCUT2D eigenvalue weighted by Gasteiger charge is 2.09. The number of hydrogen-bond donors (Lipinski definition) is 1. The van der Waals surface area contributed by atoms with E-state index in [0.29, 0.717) is 6.04 Å². The minimum Gasteiger partial charge on any atom is -0.327 e. The van der Waals surface area contributed by atoms with Gasteiger partial charge >= 0.3 is 0 Å². The summed E-state index contributed by atoms with van der Waals surface area (Å²) in [7, 11) is 0. The Morgan fingerprint density at radius 2 is 2.05 bits per heavy atom. The van der Waals surface area contributed by atoms with E-state index >= 15 is 0 Å². The second-order valence-corrected chi connectivity index (χ2v) is 5.18. The number of rotatable bonds is 7. The molecule has 1 aromatic carbocycles. The fourth-order valence-electron chi connectivity index (χ4n) is 2.36. The first-order valence-electron chi connectivity index (χ1n) is 7.43. The molecule has 1 unspecified atom stereocenters. The molecule has 19 heavy (non-hydrogen) atoms. The zero-order chi connectivity index (χ0) is 13.7. The fraction of sp³-hybridized carbons (Fsp3) is 0.562. The van der Waals surface area contributed by atoms with Crippen LogP contribution in [0.3, 0.4) is 0 Å². The van der Waals surface area contributed by atoms with E-state index in [-0.39, 0.29) is 0 Å². The predicted molar refractivity (Wildman–Crippen MR) is 81.5 cm³/mol. The van der Waals surface area contributed by atoms with E-state index in [0.717, 1.165) is 31.4 Å². The van der Waals surface area contributed by atoms with E-state index in [1.807, 2.05) is 0 Å². The van der Waals surface area contributed by atoms with Crippen molar-refractivity contribution in [2.24, 2.45) is 0 Å². The van der Waals surface area contributed by atoms with Gasteiger partial charge in [-0.05, 0) is 31.9 Å². The zero-order valence-electron chi connectivity index (χ0n) is 12.3. The molecule has 1 aromatic heterocycles. The van der Waals surface area contributed by atoms with Crippen LogP contribution >= 0.6 is 0 Å². The smallest absolute Gasteiger partial charge is 0.109 e. The first-order valence-corrected chi connectivity index (χ1v) is 7.43. The van der Waals surface area contributed by atoms with Crippen LogP contribution < -0.4 is 5.32 Å². The third-order valence-electron chi connectivity index (χ3n) is 3.65.